The first-order valence-electron chi connectivity index (χ1n) is 5.79. The molecule has 0 spiro atoms. The molecule has 0 aromatic carbocycles. The SMILES string of the molecule is CCCCCC(=O)NC(CC[S+](C)[O-])C(=O)O. The van der Waals surface area contributed by atoms with Gasteiger partial charge in [0.2, 0.25) is 5.91 Å². The number of amides is 1. The number of unbranched alkanes of at least 4 members (excludes halogenated alkanes) is 2. The quantitative estimate of drug-likeness (QED) is 0.478. The Balaban J connectivity index is 3.98. The van der Waals surface area contributed by atoms with Gasteiger partial charge in [0.15, 0.2) is 0 Å². The van der Waals surface area contributed by atoms with Crippen molar-refractivity contribution in [3.05, 3.63) is 0 Å². The summed E-state index contributed by atoms with van der Waals surface area (Å²) in [7, 11) is 0. The molecule has 0 rings (SSSR count). The molecule has 0 aromatic heterocycles. The lowest BCUT2D eigenvalue weighted by atomic mass is 10.1. The second-order valence-electron chi connectivity index (χ2n) is 3.98. The van der Waals surface area contributed by atoms with Crippen LogP contribution in [0, 0.1) is 0 Å². The lowest BCUT2D eigenvalue weighted by Gasteiger charge is -2.14. The number of carboxylic acid groups (broad SMARTS) is 1. The minimum absolute atomic E-state index is 0.206. The van der Waals surface area contributed by atoms with E-state index in [-0.39, 0.29) is 18.1 Å². The molecule has 0 aliphatic heterocycles. The zero-order valence-corrected chi connectivity index (χ0v) is 11.2. The first-order valence-corrected chi connectivity index (χ1v) is 7.52. The Morgan fingerprint density at radius 1 is 1.41 bits per heavy atom. The van der Waals surface area contributed by atoms with Gasteiger partial charge in [-0.05, 0) is 6.42 Å². The first kappa shape index (κ1) is 16.2. The summed E-state index contributed by atoms with van der Waals surface area (Å²) < 4.78 is 10.9. The minimum Gasteiger partial charge on any atom is -0.617 e. The summed E-state index contributed by atoms with van der Waals surface area (Å²) in [5.74, 6) is -1.03. The highest BCUT2D eigenvalue weighted by atomic mass is 32.2. The van der Waals surface area contributed by atoms with Gasteiger partial charge < -0.3 is 15.0 Å². The van der Waals surface area contributed by atoms with Crippen LogP contribution in [0.4, 0.5) is 0 Å². The monoisotopic (exact) mass is 263 g/mol. The Morgan fingerprint density at radius 2 is 2.06 bits per heavy atom. The molecule has 0 saturated heterocycles. The molecule has 17 heavy (non-hydrogen) atoms. The summed E-state index contributed by atoms with van der Waals surface area (Å²) in [6, 6.07) is -0.923. The van der Waals surface area contributed by atoms with E-state index in [1.54, 1.807) is 0 Å². The van der Waals surface area contributed by atoms with Gasteiger partial charge in [-0.2, -0.15) is 0 Å². The Bertz CT molecular complexity index is 246. The van der Waals surface area contributed by atoms with Gasteiger partial charge in [-0.3, -0.25) is 4.79 Å². The maximum atomic E-state index is 11.4. The average Bonchev–Trinajstić information content (AvgIpc) is 2.23. The molecular weight excluding hydrogens is 242 g/mol. The Hall–Kier alpha value is -0.750. The van der Waals surface area contributed by atoms with Crippen LogP contribution in [-0.2, 0) is 20.8 Å². The molecule has 0 heterocycles. The number of hydrogen-bond donors (Lipinski definition) is 2. The number of carbonyl (C=O) groups is 2. The molecule has 100 valence electrons. The number of carbonyl (C=O) groups excluding carboxylic acids is 1. The summed E-state index contributed by atoms with van der Waals surface area (Å²) >= 11 is -1.04. The molecule has 2 unspecified atom stereocenters. The second kappa shape index (κ2) is 9.30. The van der Waals surface area contributed by atoms with E-state index in [2.05, 4.69) is 5.32 Å². The van der Waals surface area contributed by atoms with E-state index in [9.17, 15) is 14.1 Å². The highest BCUT2D eigenvalue weighted by molar-refractivity contribution is 7.90. The van der Waals surface area contributed by atoms with Crippen molar-refractivity contribution in [1.82, 2.24) is 5.32 Å². The molecule has 0 aliphatic rings. The fraction of sp³-hybridized carbons (Fsp3) is 0.818. The van der Waals surface area contributed by atoms with Crippen LogP contribution in [0.5, 0.6) is 0 Å². The fourth-order valence-corrected chi connectivity index (χ4v) is 1.91. The molecular formula is C11H21NO4S. The van der Waals surface area contributed by atoms with Crippen molar-refractivity contribution in [2.45, 2.75) is 45.1 Å². The van der Waals surface area contributed by atoms with E-state index in [4.69, 9.17) is 5.11 Å². The number of carboxylic acids is 1. The van der Waals surface area contributed by atoms with E-state index in [0.29, 0.717) is 6.42 Å². The minimum atomic E-state index is -1.07. The molecule has 0 fully saturated rings. The normalized spacial score (nSPS) is 14.1. The third-order valence-electron chi connectivity index (χ3n) is 2.33. The molecule has 0 aliphatic carbocycles. The zero-order chi connectivity index (χ0) is 13.3. The number of rotatable bonds is 9. The van der Waals surface area contributed by atoms with Crippen molar-refractivity contribution in [2.24, 2.45) is 0 Å². The summed E-state index contributed by atoms with van der Waals surface area (Å²) in [5.41, 5.74) is 0. The van der Waals surface area contributed by atoms with E-state index in [1.807, 2.05) is 6.92 Å². The molecule has 0 radical (unpaired) electrons. The van der Waals surface area contributed by atoms with Crippen molar-refractivity contribution >= 4 is 23.1 Å². The summed E-state index contributed by atoms with van der Waals surface area (Å²) in [4.78, 5) is 22.3. The highest BCUT2D eigenvalue weighted by Crippen LogP contribution is 2.01. The molecule has 6 heteroatoms. The lowest BCUT2D eigenvalue weighted by Crippen LogP contribution is -2.41. The van der Waals surface area contributed by atoms with E-state index in [1.165, 1.54) is 6.26 Å². The largest absolute Gasteiger partial charge is 0.617 e. The van der Waals surface area contributed by atoms with Gasteiger partial charge in [-0.15, -0.1) is 0 Å². The number of aliphatic carboxylic acids is 1. The fourth-order valence-electron chi connectivity index (χ4n) is 1.34. The third kappa shape index (κ3) is 9.00. The molecule has 0 bridgehead atoms. The van der Waals surface area contributed by atoms with E-state index >= 15 is 0 Å². The molecule has 0 saturated carbocycles. The summed E-state index contributed by atoms with van der Waals surface area (Å²) in [5, 5.41) is 11.4. The van der Waals surface area contributed by atoms with Crippen LogP contribution >= 0.6 is 0 Å². The molecule has 5 nitrogen and oxygen atoms in total. The Kier molecular flexibility index (Phi) is 8.89. The van der Waals surface area contributed by atoms with Crippen molar-refractivity contribution < 1.29 is 19.2 Å². The maximum absolute atomic E-state index is 11.4. The topological polar surface area (TPSA) is 89.5 Å². The predicted molar refractivity (Wildman–Crippen MR) is 67.3 cm³/mol. The van der Waals surface area contributed by atoms with Gasteiger partial charge >= 0.3 is 5.97 Å². The Morgan fingerprint density at radius 3 is 2.53 bits per heavy atom. The van der Waals surface area contributed by atoms with Crippen LogP contribution in [-0.4, -0.2) is 39.6 Å². The average molecular weight is 263 g/mol. The van der Waals surface area contributed by atoms with Crippen molar-refractivity contribution in [3.8, 4) is 0 Å². The van der Waals surface area contributed by atoms with Crippen LogP contribution in [0.3, 0.4) is 0 Å². The van der Waals surface area contributed by atoms with Gasteiger partial charge in [0, 0.05) is 12.8 Å². The van der Waals surface area contributed by atoms with Gasteiger partial charge in [0.1, 0.15) is 11.8 Å². The highest BCUT2D eigenvalue weighted by Gasteiger charge is 2.20. The van der Waals surface area contributed by atoms with Gasteiger partial charge in [-0.1, -0.05) is 30.9 Å². The van der Waals surface area contributed by atoms with E-state index < -0.39 is 23.2 Å². The predicted octanol–water partition coefficient (Wildman–Crippen LogP) is 0.905. The van der Waals surface area contributed by atoms with Gasteiger partial charge in [0.25, 0.3) is 0 Å². The molecule has 2 N–H and O–H groups in total. The van der Waals surface area contributed by atoms with Crippen LogP contribution in [0.15, 0.2) is 0 Å². The third-order valence-corrected chi connectivity index (χ3v) is 3.15. The van der Waals surface area contributed by atoms with Crippen LogP contribution in [0.2, 0.25) is 0 Å². The van der Waals surface area contributed by atoms with Crippen LogP contribution in [0.1, 0.15) is 39.0 Å². The van der Waals surface area contributed by atoms with Gasteiger partial charge in [-0.25, -0.2) is 4.79 Å². The smallest absolute Gasteiger partial charge is 0.326 e. The number of hydrogen-bond acceptors (Lipinski definition) is 3. The Labute approximate surface area is 105 Å². The van der Waals surface area contributed by atoms with E-state index in [0.717, 1.165) is 19.3 Å². The zero-order valence-electron chi connectivity index (χ0n) is 10.4. The molecule has 0 aromatic rings. The molecule has 2 atom stereocenters. The lowest BCUT2D eigenvalue weighted by molar-refractivity contribution is -0.141. The van der Waals surface area contributed by atoms with Gasteiger partial charge in [0.05, 0.1) is 6.26 Å². The van der Waals surface area contributed by atoms with Crippen molar-refractivity contribution in [3.63, 3.8) is 0 Å². The van der Waals surface area contributed by atoms with Crippen LogP contribution < -0.4 is 5.32 Å². The second-order valence-corrected chi connectivity index (χ2v) is 5.54. The standard InChI is InChI=1S/C11H21NO4S/c1-3-4-5-6-10(13)12-9(11(14)15)7-8-17(2)16/h9H,3-8H2,1-2H3,(H,12,13)(H,14,15). The molecule has 1 amide bonds. The van der Waals surface area contributed by atoms with Crippen molar-refractivity contribution in [1.29, 1.82) is 0 Å². The maximum Gasteiger partial charge on any atom is 0.326 e. The summed E-state index contributed by atoms with van der Waals surface area (Å²) in [6.45, 7) is 2.04. The first-order chi connectivity index (χ1) is 7.97. The van der Waals surface area contributed by atoms with Crippen molar-refractivity contribution in [2.75, 3.05) is 12.0 Å². The van der Waals surface area contributed by atoms with Crippen LogP contribution in [0.25, 0.3) is 0 Å². The summed E-state index contributed by atoms with van der Waals surface area (Å²) in [6.07, 6.45) is 4.83. The number of nitrogens with one attached hydrogen (secondary N) is 1.